The number of hydrogen-bond donors (Lipinski definition) is 2. The Morgan fingerprint density at radius 2 is 2.10 bits per heavy atom. The van der Waals surface area contributed by atoms with Crippen molar-refractivity contribution in [3.63, 3.8) is 0 Å². The molecule has 106 valence electrons. The summed E-state index contributed by atoms with van der Waals surface area (Å²) in [5.74, 6) is 0. The first-order valence-corrected chi connectivity index (χ1v) is 8.05. The number of nitrogens with one attached hydrogen (secondary N) is 1. The molecule has 3 N–H and O–H groups in total. The Kier molecular flexibility index (Phi) is 4.81. The van der Waals surface area contributed by atoms with Crippen molar-refractivity contribution in [2.75, 3.05) is 0 Å². The topological polar surface area (TPSA) is 98.0 Å². The Balaban J connectivity index is 2.22. The SMILES string of the molecule is NCc1ccc(Br)c(S(=O)(=O)NCc2cccnn2)c1. The third kappa shape index (κ3) is 3.60. The Morgan fingerprint density at radius 3 is 2.75 bits per heavy atom. The molecule has 20 heavy (non-hydrogen) atoms. The van der Waals surface area contributed by atoms with E-state index in [4.69, 9.17) is 5.73 Å². The number of rotatable bonds is 5. The van der Waals surface area contributed by atoms with E-state index in [2.05, 4.69) is 30.8 Å². The maximum Gasteiger partial charge on any atom is 0.242 e. The summed E-state index contributed by atoms with van der Waals surface area (Å²) in [4.78, 5) is 0.157. The fourth-order valence-electron chi connectivity index (χ4n) is 1.56. The average molecular weight is 357 g/mol. The Bertz CT molecular complexity index is 692. The maximum absolute atomic E-state index is 12.3. The molecule has 2 rings (SSSR count). The fourth-order valence-corrected chi connectivity index (χ4v) is 3.57. The lowest BCUT2D eigenvalue weighted by atomic mass is 10.2. The third-order valence-corrected chi connectivity index (χ3v) is 4.99. The van der Waals surface area contributed by atoms with Gasteiger partial charge in [-0.2, -0.15) is 10.2 Å². The fraction of sp³-hybridized carbons (Fsp3) is 0.167. The van der Waals surface area contributed by atoms with Gasteiger partial charge in [0.05, 0.1) is 17.1 Å². The molecule has 0 saturated carbocycles. The normalized spacial score (nSPS) is 11.5. The van der Waals surface area contributed by atoms with Crippen molar-refractivity contribution in [2.24, 2.45) is 5.73 Å². The van der Waals surface area contributed by atoms with Crippen LogP contribution in [0.1, 0.15) is 11.3 Å². The van der Waals surface area contributed by atoms with Gasteiger partial charge < -0.3 is 5.73 Å². The van der Waals surface area contributed by atoms with Crippen LogP contribution in [0.25, 0.3) is 0 Å². The molecule has 0 bridgehead atoms. The zero-order valence-corrected chi connectivity index (χ0v) is 12.9. The van der Waals surface area contributed by atoms with Gasteiger partial charge in [0.1, 0.15) is 0 Å². The first-order valence-electron chi connectivity index (χ1n) is 5.77. The number of nitrogens with zero attached hydrogens (tertiary/aromatic N) is 2. The number of sulfonamides is 1. The highest BCUT2D eigenvalue weighted by Gasteiger charge is 2.18. The van der Waals surface area contributed by atoms with Crippen LogP contribution in [-0.4, -0.2) is 18.6 Å². The van der Waals surface area contributed by atoms with Crippen LogP contribution in [0.15, 0.2) is 45.9 Å². The molecule has 0 aliphatic rings. The molecule has 0 aliphatic heterocycles. The molecule has 6 nitrogen and oxygen atoms in total. The predicted octanol–water partition coefficient (Wildman–Crippen LogP) is 1.18. The Morgan fingerprint density at radius 1 is 1.30 bits per heavy atom. The summed E-state index contributed by atoms with van der Waals surface area (Å²) in [6, 6.07) is 8.37. The second-order valence-electron chi connectivity index (χ2n) is 4.01. The lowest BCUT2D eigenvalue weighted by Crippen LogP contribution is -2.24. The van der Waals surface area contributed by atoms with Gasteiger partial charge in [0.25, 0.3) is 0 Å². The van der Waals surface area contributed by atoms with Crippen molar-refractivity contribution in [1.29, 1.82) is 0 Å². The van der Waals surface area contributed by atoms with Gasteiger partial charge in [-0.05, 0) is 45.8 Å². The molecule has 0 saturated heterocycles. The van der Waals surface area contributed by atoms with Crippen molar-refractivity contribution in [3.8, 4) is 0 Å². The van der Waals surface area contributed by atoms with Crippen LogP contribution in [0.3, 0.4) is 0 Å². The summed E-state index contributed by atoms with van der Waals surface area (Å²) in [5.41, 5.74) is 6.82. The van der Waals surface area contributed by atoms with Crippen LogP contribution in [-0.2, 0) is 23.1 Å². The molecule has 1 aromatic heterocycles. The van der Waals surface area contributed by atoms with E-state index < -0.39 is 10.0 Å². The number of aromatic nitrogens is 2. The molecule has 0 atom stereocenters. The minimum Gasteiger partial charge on any atom is -0.326 e. The Labute approximate surface area is 125 Å². The number of hydrogen-bond acceptors (Lipinski definition) is 5. The van der Waals surface area contributed by atoms with Crippen molar-refractivity contribution >= 4 is 26.0 Å². The largest absolute Gasteiger partial charge is 0.326 e. The molecular weight excluding hydrogens is 344 g/mol. The smallest absolute Gasteiger partial charge is 0.242 e. The number of halogens is 1. The second kappa shape index (κ2) is 6.40. The summed E-state index contributed by atoms with van der Waals surface area (Å²) in [6.45, 7) is 0.357. The number of nitrogens with two attached hydrogens (primary N) is 1. The van der Waals surface area contributed by atoms with Crippen LogP contribution < -0.4 is 10.5 Å². The molecule has 2 aromatic rings. The van der Waals surface area contributed by atoms with Crippen LogP contribution in [0.5, 0.6) is 0 Å². The molecule has 0 fully saturated rings. The lowest BCUT2D eigenvalue weighted by Gasteiger charge is -2.09. The van der Waals surface area contributed by atoms with Crippen LogP contribution in [0.2, 0.25) is 0 Å². The van der Waals surface area contributed by atoms with Gasteiger partial charge in [0.2, 0.25) is 10.0 Å². The summed E-state index contributed by atoms with van der Waals surface area (Å²) in [7, 11) is -3.64. The quantitative estimate of drug-likeness (QED) is 0.837. The van der Waals surface area contributed by atoms with E-state index in [1.165, 1.54) is 6.20 Å². The van der Waals surface area contributed by atoms with Gasteiger partial charge in [0.15, 0.2) is 0 Å². The Hall–Kier alpha value is -1.35. The molecule has 0 amide bonds. The standard InChI is InChI=1S/C12H13BrN4O2S/c13-11-4-3-9(7-14)6-12(11)20(18,19)16-8-10-2-1-5-15-17-10/h1-6,16H,7-8,14H2. The van der Waals surface area contributed by atoms with E-state index in [0.29, 0.717) is 10.2 Å². The summed E-state index contributed by atoms with van der Waals surface area (Å²) in [5, 5.41) is 7.52. The van der Waals surface area contributed by atoms with Gasteiger partial charge in [0, 0.05) is 17.2 Å². The van der Waals surface area contributed by atoms with Crippen molar-refractivity contribution in [3.05, 3.63) is 52.3 Å². The minimum atomic E-state index is -3.64. The molecule has 0 spiro atoms. The van der Waals surface area contributed by atoms with Crippen LogP contribution in [0, 0.1) is 0 Å². The first kappa shape index (κ1) is 15.0. The lowest BCUT2D eigenvalue weighted by molar-refractivity contribution is 0.579. The van der Waals surface area contributed by atoms with Crippen LogP contribution in [0.4, 0.5) is 0 Å². The molecule has 8 heteroatoms. The number of benzene rings is 1. The highest BCUT2D eigenvalue weighted by Crippen LogP contribution is 2.23. The highest BCUT2D eigenvalue weighted by molar-refractivity contribution is 9.10. The molecule has 0 aliphatic carbocycles. The van der Waals surface area contributed by atoms with Crippen molar-refractivity contribution < 1.29 is 8.42 Å². The molecule has 0 radical (unpaired) electrons. The van der Waals surface area contributed by atoms with Crippen molar-refractivity contribution in [2.45, 2.75) is 18.0 Å². The van der Waals surface area contributed by atoms with E-state index in [0.717, 1.165) is 5.56 Å². The molecular formula is C12H13BrN4O2S. The summed E-state index contributed by atoms with van der Waals surface area (Å²) in [6.07, 6.45) is 1.53. The minimum absolute atomic E-state index is 0.0788. The third-order valence-electron chi connectivity index (χ3n) is 2.59. The van der Waals surface area contributed by atoms with Gasteiger partial charge in [-0.1, -0.05) is 6.07 Å². The summed E-state index contributed by atoms with van der Waals surface area (Å²) >= 11 is 3.23. The molecule has 1 heterocycles. The van der Waals surface area contributed by atoms with Gasteiger partial charge in [-0.15, -0.1) is 0 Å². The highest BCUT2D eigenvalue weighted by atomic mass is 79.9. The van der Waals surface area contributed by atoms with Crippen LogP contribution >= 0.6 is 15.9 Å². The van der Waals surface area contributed by atoms with E-state index in [-0.39, 0.29) is 18.0 Å². The zero-order valence-electron chi connectivity index (χ0n) is 10.5. The summed E-state index contributed by atoms with van der Waals surface area (Å²) < 4.78 is 27.5. The zero-order chi connectivity index (χ0) is 14.6. The second-order valence-corrected chi connectivity index (χ2v) is 6.60. The first-order chi connectivity index (χ1) is 9.53. The average Bonchev–Trinajstić information content (AvgIpc) is 2.47. The van der Waals surface area contributed by atoms with Gasteiger partial charge in [-0.3, -0.25) is 0 Å². The van der Waals surface area contributed by atoms with E-state index in [9.17, 15) is 8.42 Å². The van der Waals surface area contributed by atoms with Gasteiger partial charge in [-0.25, -0.2) is 13.1 Å². The van der Waals surface area contributed by atoms with Gasteiger partial charge >= 0.3 is 0 Å². The van der Waals surface area contributed by atoms with E-state index in [1.807, 2.05) is 0 Å². The van der Waals surface area contributed by atoms with Crippen molar-refractivity contribution in [1.82, 2.24) is 14.9 Å². The van der Waals surface area contributed by atoms with E-state index >= 15 is 0 Å². The molecule has 0 unspecified atom stereocenters. The monoisotopic (exact) mass is 356 g/mol. The molecule has 1 aromatic carbocycles. The predicted molar refractivity (Wildman–Crippen MR) is 78.1 cm³/mol. The maximum atomic E-state index is 12.3. The van der Waals surface area contributed by atoms with E-state index in [1.54, 1.807) is 30.3 Å².